The third-order valence-corrected chi connectivity index (χ3v) is 3.81. The first-order valence-electron chi connectivity index (χ1n) is 8.26. The van der Waals surface area contributed by atoms with Gasteiger partial charge in [0.05, 0.1) is 16.8 Å². The van der Waals surface area contributed by atoms with E-state index in [0.29, 0.717) is 5.69 Å². The molecule has 1 heterocycles. The molecule has 0 aliphatic carbocycles. The number of carbonyl (C=O) groups is 2. The molecule has 8 nitrogen and oxygen atoms in total. The SMILES string of the molecule is C[C@H](OC(=O)c1cccc(-n2cnnn2)c1)C(=O)Nc1cccc(C(F)(F)F)c1. The Labute approximate surface area is 162 Å². The maximum absolute atomic E-state index is 12.8. The first-order valence-corrected chi connectivity index (χ1v) is 8.26. The topological polar surface area (TPSA) is 99.0 Å². The van der Waals surface area contributed by atoms with Crippen LogP contribution >= 0.6 is 0 Å². The quantitative estimate of drug-likeness (QED) is 0.656. The lowest BCUT2D eigenvalue weighted by atomic mass is 10.2. The van der Waals surface area contributed by atoms with Crippen LogP contribution in [0.25, 0.3) is 5.69 Å². The zero-order valence-electron chi connectivity index (χ0n) is 14.9. The molecule has 0 bridgehead atoms. The number of esters is 1. The second-order valence-electron chi connectivity index (χ2n) is 5.92. The molecule has 0 aliphatic heterocycles. The van der Waals surface area contributed by atoms with Crippen LogP contribution in [0.3, 0.4) is 0 Å². The van der Waals surface area contributed by atoms with E-state index >= 15 is 0 Å². The molecule has 150 valence electrons. The predicted molar refractivity (Wildman–Crippen MR) is 94.1 cm³/mol. The molecule has 1 atom stereocenters. The number of anilines is 1. The summed E-state index contributed by atoms with van der Waals surface area (Å²) in [6, 6.07) is 10.3. The van der Waals surface area contributed by atoms with E-state index in [1.165, 1.54) is 42.2 Å². The summed E-state index contributed by atoms with van der Waals surface area (Å²) < 4.78 is 44.7. The number of hydrogen-bond acceptors (Lipinski definition) is 6. The normalized spacial score (nSPS) is 12.3. The maximum atomic E-state index is 12.8. The highest BCUT2D eigenvalue weighted by atomic mass is 19.4. The van der Waals surface area contributed by atoms with Gasteiger partial charge in [-0.05, 0) is 53.7 Å². The molecule has 1 amide bonds. The van der Waals surface area contributed by atoms with Crippen LogP contribution in [0.1, 0.15) is 22.8 Å². The summed E-state index contributed by atoms with van der Waals surface area (Å²) in [7, 11) is 0. The van der Waals surface area contributed by atoms with E-state index in [0.717, 1.165) is 12.1 Å². The van der Waals surface area contributed by atoms with Crippen LogP contribution in [-0.2, 0) is 15.7 Å². The van der Waals surface area contributed by atoms with Gasteiger partial charge in [0.2, 0.25) is 0 Å². The molecule has 0 radical (unpaired) electrons. The zero-order chi connectivity index (χ0) is 21.0. The number of ether oxygens (including phenoxy) is 1. The molecule has 11 heteroatoms. The summed E-state index contributed by atoms with van der Waals surface area (Å²) in [4.78, 5) is 24.5. The van der Waals surface area contributed by atoms with Gasteiger partial charge >= 0.3 is 12.1 Å². The second kappa shape index (κ2) is 8.09. The molecule has 2 aromatic carbocycles. The smallest absolute Gasteiger partial charge is 0.416 e. The average Bonchev–Trinajstić information content (AvgIpc) is 3.22. The molecule has 3 rings (SSSR count). The van der Waals surface area contributed by atoms with Crippen LogP contribution in [0.15, 0.2) is 54.9 Å². The molecule has 0 saturated carbocycles. The Hall–Kier alpha value is -3.76. The number of carbonyl (C=O) groups excluding carboxylic acids is 2. The molecule has 0 saturated heterocycles. The monoisotopic (exact) mass is 405 g/mol. The first-order chi connectivity index (χ1) is 13.7. The summed E-state index contributed by atoms with van der Waals surface area (Å²) in [5.74, 6) is -1.55. The third kappa shape index (κ3) is 4.94. The first kappa shape index (κ1) is 20.0. The highest BCUT2D eigenvalue weighted by Crippen LogP contribution is 2.30. The lowest BCUT2D eigenvalue weighted by Gasteiger charge is -2.15. The van der Waals surface area contributed by atoms with Gasteiger partial charge in [0.1, 0.15) is 6.33 Å². The Morgan fingerprint density at radius 1 is 1.14 bits per heavy atom. The number of hydrogen-bond donors (Lipinski definition) is 1. The Bertz CT molecular complexity index is 1020. The molecular weight excluding hydrogens is 391 g/mol. The molecule has 0 aliphatic rings. The van der Waals surface area contributed by atoms with Gasteiger partial charge in [0.15, 0.2) is 6.10 Å². The Morgan fingerprint density at radius 3 is 2.59 bits per heavy atom. The second-order valence-corrected chi connectivity index (χ2v) is 5.92. The van der Waals surface area contributed by atoms with Crippen LogP contribution in [0, 0.1) is 0 Å². The molecule has 0 fully saturated rings. The van der Waals surface area contributed by atoms with Crippen molar-refractivity contribution in [3.63, 3.8) is 0 Å². The molecule has 3 aromatic rings. The lowest BCUT2D eigenvalue weighted by molar-refractivity contribution is -0.137. The van der Waals surface area contributed by atoms with Crippen molar-refractivity contribution in [1.29, 1.82) is 0 Å². The number of alkyl halides is 3. The third-order valence-electron chi connectivity index (χ3n) is 3.81. The summed E-state index contributed by atoms with van der Waals surface area (Å²) in [6.45, 7) is 1.31. The summed E-state index contributed by atoms with van der Waals surface area (Å²) in [5, 5.41) is 13.0. The van der Waals surface area contributed by atoms with Crippen LogP contribution in [0.5, 0.6) is 0 Å². The van der Waals surface area contributed by atoms with Crippen molar-refractivity contribution in [1.82, 2.24) is 20.2 Å². The molecule has 0 spiro atoms. The van der Waals surface area contributed by atoms with Gasteiger partial charge in [-0.25, -0.2) is 9.48 Å². The Balaban J connectivity index is 1.65. The molecule has 0 unspecified atom stereocenters. The van der Waals surface area contributed by atoms with Crippen LogP contribution in [0.4, 0.5) is 18.9 Å². The van der Waals surface area contributed by atoms with E-state index in [1.54, 1.807) is 12.1 Å². The molecule has 29 heavy (non-hydrogen) atoms. The number of nitrogens with one attached hydrogen (secondary N) is 1. The largest absolute Gasteiger partial charge is 0.449 e. The van der Waals surface area contributed by atoms with Crippen molar-refractivity contribution >= 4 is 17.6 Å². The number of amides is 1. The lowest BCUT2D eigenvalue weighted by Crippen LogP contribution is -2.30. The number of benzene rings is 2. The zero-order valence-corrected chi connectivity index (χ0v) is 14.9. The van der Waals surface area contributed by atoms with Gasteiger partial charge in [-0.1, -0.05) is 12.1 Å². The van der Waals surface area contributed by atoms with Gasteiger partial charge in [-0.15, -0.1) is 5.10 Å². The van der Waals surface area contributed by atoms with Crippen molar-refractivity contribution < 1.29 is 27.5 Å². The van der Waals surface area contributed by atoms with E-state index in [1.807, 2.05) is 0 Å². The minimum atomic E-state index is -4.54. The minimum absolute atomic E-state index is 0.0617. The van der Waals surface area contributed by atoms with Gasteiger partial charge < -0.3 is 10.1 Å². The fourth-order valence-corrected chi connectivity index (χ4v) is 2.35. The summed E-state index contributed by atoms with van der Waals surface area (Å²) >= 11 is 0. The van der Waals surface area contributed by atoms with E-state index in [-0.39, 0.29) is 11.3 Å². The van der Waals surface area contributed by atoms with E-state index < -0.39 is 29.7 Å². The highest BCUT2D eigenvalue weighted by Gasteiger charge is 2.30. The van der Waals surface area contributed by atoms with Crippen molar-refractivity contribution in [3.8, 4) is 5.69 Å². The number of halogens is 3. The predicted octanol–water partition coefficient (Wildman–Crippen LogP) is 2.87. The average molecular weight is 405 g/mol. The van der Waals surface area contributed by atoms with Gasteiger partial charge in [-0.2, -0.15) is 13.2 Å². The number of nitrogens with zero attached hydrogens (tertiary/aromatic N) is 4. The van der Waals surface area contributed by atoms with Crippen molar-refractivity contribution in [2.24, 2.45) is 0 Å². The highest BCUT2D eigenvalue weighted by molar-refractivity contribution is 5.97. The van der Waals surface area contributed by atoms with Gasteiger partial charge in [-0.3, -0.25) is 4.79 Å². The number of aromatic nitrogens is 4. The fraction of sp³-hybridized carbons (Fsp3) is 0.167. The molecular formula is C18H14F3N5O3. The van der Waals surface area contributed by atoms with E-state index in [9.17, 15) is 22.8 Å². The molecule has 1 aromatic heterocycles. The summed E-state index contributed by atoms with van der Waals surface area (Å²) in [5.41, 5.74) is -0.310. The molecule has 1 N–H and O–H groups in total. The standard InChI is InChI=1S/C18H14F3N5O3/c1-11(16(27)23-14-6-3-5-13(9-14)18(19,20)21)29-17(28)12-4-2-7-15(8-12)26-10-22-24-25-26/h2-11H,1H3,(H,23,27)/t11-/m0/s1. The van der Waals surface area contributed by atoms with E-state index in [2.05, 4.69) is 20.8 Å². The van der Waals surface area contributed by atoms with Crippen molar-refractivity contribution in [2.75, 3.05) is 5.32 Å². The van der Waals surface area contributed by atoms with Crippen molar-refractivity contribution in [3.05, 3.63) is 66.0 Å². The van der Waals surface area contributed by atoms with Crippen molar-refractivity contribution in [2.45, 2.75) is 19.2 Å². The number of tetrazole rings is 1. The summed E-state index contributed by atoms with van der Waals surface area (Å²) in [6.07, 6.45) is -4.44. The van der Waals surface area contributed by atoms with Crippen LogP contribution < -0.4 is 5.32 Å². The maximum Gasteiger partial charge on any atom is 0.416 e. The van der Waals surface area contributed by atoms with Crippen LogP contribution in [0.2, 0.25) is 0 Å². The fourth-order valence-electron chi connectivity index (χ4n) is 2.35. The Morgan fingerprint density at radius 2 is 1.90 bits per heavy atom. The van der Waals surface area contributed by atoms with Gasteiger partial charge in [0.25, 0.3) is 5.91 Å². The van der Waals surface area contributed by atoms with E-state index in [4.69, 9.17) is 4.74 Å². The Kier molecular flexibility index (Phi) is 5.57. The number of rotatable bonds is 5. The van der Waals surface area contributed by atoms with Crippen LogP contribution in [-0.4, -0.2) is 38.2 Å². The van der Waals surface area contributed by atoms with Gasteiger partial charge in [0, 0.05) is 5.69 Å². The minimum Gasteiger partial charge on any atom is -0.449 e.